The van der Waals surface area contributed by atoms with Crippen LogP contribution in [0.4, 0.5) is 5.69 Å². The van der Waals surface area contributed by atoms with Gasteiger partial charge in [0.15, 0.2) is 5.54 Å². The van der Waals surface area contributed by atoms with Crippen LogP contribution in [0.25, 0.3) is 0 Å². The molecule has 0 saturated carbocycles. The minimum atomic E-state index is -4.47. The van der Waals surface area contributed by atoms with Gasteiger partial charge in [0.05, 0.1) is 55.3 Å². The number of rotatable bonds is 11. The zero-order chi connectivity index (χ0) is 32.5. The number of nitrogens with one attached hydrogen (secondary N) is 1. The maximum Gasteiger partial charge on any atom is 0.271 e. The number of aromatic nitrogens is 1. The number of methoxy groups -OCH3 is 2. The van der Waals surface area contributed by atoms with Crippen LogP contribution in [0, 0.1) is 11.3 Å². The van der Waals surface area contributed by atoms with Crippen LogP contribution in [0.15, 0.2) is 82.4 Å². The highest BCUT2D eigenvalue weighted by molar-refractivity contribution is 7.93. The molecule has 1 aromatic heterocycles. The molecule has 1 saturated heterocycles. The molecule has 13 heteroatoms. The lowest BCUT2D eigenvalue weighted by Gasteiger charge is -2.41. The average molecular weight is 644 g/mol. The Labute approximate surface area is 266 Å². The van der Waals surface area contributed by atoms with E-state index in [2.05, 4.69) is 16.4 Å². The highest BCUT2D eigenvalue weighted by atomic mass is 32.2. The van der Waals surface area contributed by atoms with Gasteiger partial charge in [-0.15, -0.1) is 0 Å². The molecule has 0 aliphatic carbocycles. The van der Waals surface area contributed by atoms with Crippen molar-refractivity contribution in [3.8, 4) is 17.6 Å². The Balaban J connectivity index is 1.66. The van der Waals surface area contributed by atoms with Crippen LogP contribution in [0.5, 0.6) is 11.5 Å². The molecular weight excluding hydrogens is 610 g/mol. The molecule has 2 unspecified atom stereocenters. The van der Waals surface area contributed by atoms with E-state index in [1.54, 1.807) is 12.1 Å². The lowest BCUT2D eigenvalue weighted by molar-refractivity contribution is -0.127. The molecule has 1 fully saturated rings. The van der Waals surface area contributed by atoms with Crippen LogP contribution in [-0.4, -0.2) is 63.2 Å². The number of oxazole rings is 1. The Kier molecular flexibility index (Phi) is 8.54. The molecule has 2 N–H and O–H groups in total. The third-order valence-electron chi connectivity index (χ3n) is 8.52. The van der Waals surface area contributed by atoms with E-state index < -0.39 is 27.5 Å². The Morgan fingerprint density at radius 2 is 1.91 bits per heavy atom. The predicted octanol–water partition coefficient (Wildman–Crippen LogP) is 3.46. The van der Waals surface area contributed by atoms with Crippen molar-refractivity contribution in [2.75, 3.05) is 38.2 Å². The largest absolute Gasteiger partial charge is 0.497 e. The van der Waals surface area contributed by atoms with Crippen molar-refractivity contribution in [1.29, 1.82) is 5.26 Å². The Bertz CT molecular complexity index is 1890. The van der Waals surface area contributed by atoms with Crippen LogP contribution in [-0.2, 0) is 26.9 Å². The molecule has 0 bridgehead atoms. The lowest BCUT2D eigenvalue weighted by atomic mass is 9.79. The first-order valence-corrected chi connectivity index (χ1v) is 16.2. The molecule has 0 radical (unpaired) electrons. The van der Waals surface area contributed by atoms with Crippen LogP contribution in [0.2, 0.25) is 0 Å². The van der Waals surface area contributed by atoms with Gasteiger partial charge in [-0.25, -0.2) is 17.7 Å². The zero-order valence-electron chi connectivity index (χ0n) is 25.3. The fourth-order valence-corrected chi connectivity index (χ4v) is 7.97. The topological polar surface area (TPSA) is 158 Å². The minimum absolute atomic E-state index is 0.0560. The van der Waals surface area contributed by atoms with Gasteiger partial charge in [0, 0.05) is 30.8 Å². The van der Waals surface area contributed by atoms with E-state index in [-0.39, 0.29) is 22.8 Å². The molecule has 1 amide bonds. The number of nitriles is 1. The number of fused-ring (bicyclic) bond motifs is 1. The second kappa shape index (κ2) is 12.6. The van der Waals surface area contributed by atoms with Crippen LogP contribution in [0.1, 0.15) is 47.0 Å². The van der Waals surface area contributed by atoms with Crippen molar-refractivity contribution in [3.63, 3.8) is 0 Å². The van der Waals surface area contributed by atoms with Crippen molar-refractivity contribution < 1.29 is 32.2 Å². The van der Waals surface area contributed by atoms with Crippen LogP contribution < -0.4 is 19.1 Å². The van der Waals surface area contributed by atoms with Gasteiger partial charge in [0.1, 0.15) is 17.8 Å². The number of anilines is 1. The maximum atomic E-state index is 15.4. The molecule has 3 heterocycles. The molecule has 0 spiro atoms. The van der Waals surface area contributed by atoms with E-state index in [1.807, 2.05) is 17.0 Å². The summed E-state index contributed by atoms with van der Waals surface area (Å²) in [6.45, 7) is 1.05. The number of hydrogen-bond donors (Lipinski definition) is 2. The Hall–Kier alpha value is -4.74. The molecule has 2 atom stereocenters. The number of aliphatic hydroxyl groups excluding tert-OH is 1. The number of aliphatic hydroxyl groups is 1. The van der Waals surface area contributed by atoms with Gasteiger partial charge in [-0.05, 0) is 73.0 Å². The summed E-state index contributed by atoms with van der Waals surface area (Å²) in [6, 6.07) is 17.5. The normalized spacial score (nSPS) is 19.7. The van der Waals surface area contributed by atoms with Gasteiger partial charge in [0.25, 0.3) is 15.9 Å². The van der Waals surface area contributed by atoms with Gasteiger partial charge in [0.2, 0.25) is 5.89 Å². The molecule has 4 aromatic rings. The van der Waals surface area contributed by atoms with E-state index in [0.29, 0.717) is 61.0 Å². The van der Waals surface area contributed by atoms with Gasteiger partial charge in [-0.2, -0.15) is 5.26 Å². The van der Waals surface area contributed by atoms with Crippen molar-refractivity contribution in [2.24, 2.45) is 0 Å². The van der Waals surface area contributed by atoms with Crippen LogP contribution in [0.3, 0.4) is 0 Å². The molecule has 12 nitrogen and oxygen atoms in total. The number of nitrogens with zero attached hydrogens (tertiary/aromatic N) is 4. The lowest BCUT2D eigenvalue weighted by Crippen LogP contribution is -2.54. The number of hydrogen-bond acceptors (Lipinski definition) is 11. The number of carbonyl (C=O) groups excluding carboxylic acids is 1. The van der Waals surface area contributed by atoms with E-state index in [9.17, 15) is 18.8 Å². The summed E-state index contributed by atoms with van der Waals surface area (Å²) >= 11 is 0. The van der Waals surface area contributed by atoms with Gasteiger partial charge in [-0.3, -0.25) is 9.69 Å². The number of ether oxygens (including phenoxy) is 2. The number of sulfonamides is 1. The Morgan fingerprint density at radius 1 is 1.11 bits per heavy atom. The van der Waals surface area contributed by atoms with E-state index >= 15 is 4.79 Å². The van der Waals surface area contributed by atoms with E-state index in [4.69, 9.17) is 13.9 Å². The molecule has 238 valence electrons. The third-order valence-corrected chi connectivity index (χ3v) is 10.2. The SMILES string of the molecule is COc1ccc(S(=O)(=O)N2C(=O)C(c3cc(CNCCO)ccc3OC)(N3CCCC3c3ncco3)c3cc(C#N)ccc32)cc1. The molecule has 2 aliphatic rings. The first-order chi connectivity index (χ1) is 22.3. The first-order valence-electron chi connectivity index (χ1n) is 14.7. The average Bonchev–Trinajstić information content (AvgIpc) is 3.83. The monoisotopic (exact) mass is 643 g/mol. The molecule has 3 aromatic carbocycles. The van der Waals surface area contributed by atoms with E-state index in [0.717, 1.165) is 9.87 Å². The zero-order valence-corrected chi connectivity index (χ0v) is 26.2. The second-order valence-electron chi connectivity index (χ2n) is 11.0. The molecule has 46 heavy (non-hydrogen) atoms. The highest BCUT2D eigenvalue weighted by Crippen LogP contribution is 2.56. The standard InChI is InChI=1S/C33H33N5O7S/c1-43-24-7-9-25(10-8-24)46(41,42)38-28-11-5-22(20-34)18-26(28)33(32(38)40,37-15-3-4-29(37)31-36-14-17-45-31)27-19-23(21-35-13-16-39)6-12-30(27)44-2/h5-12,14,17-19,29,35,39H,3-4,13,15-16,21H2,1-2H3. The predicted molar refractivity (Wildman–Crippen MR) is 167 cm³/mol. The summed E-state index contributed by atoms with van der Waals surface area (Å²) in [4.78, 5) is 21.7. The molecular formula is C33H33N5O7S. The Morgan fingerprint density at radius 3 is 2.59 bits per heavy atom. The van der Waals surface area contributed by atoms with Crippen molar-refractivity contribution in [2.45, 2.75) is 35.9 Å². The molecule has 6 rings (SSSR count). The van der Waals surface area contributed by atoms with Crippen molar-refractivity contribution in [1.82, 2.24) is 15.2 Å². The third kappa shape index (κ3) is 5.00. The smallest absolute Gasteiger partial charge is 0.271 e. The maximum absolute atomic E-state index is 15.4. The summed E-state index contributed by atoms with van der Waals surface area (Å²) in [7, 11) is -1.51. The first kappa shape index (κ1) is 31.3. The number of likely N-dealkylation sites (tertiary alicyclic amines) is 1. The fourth-order valence-electron chi connectivity index (χ4n) is 6.51. The fraction of sp³-hybridized carbons (Fsp3) is 0.303. The van der Waals surface area contributed by atoms with Crippen LogP contribution >= 0.6 is 0 Å². The van der Waals surface area contributed by atoms with Gasteiger partial charge in [-0.1, -0.05) is 6.07 Å². The minimum Gasteiger partial charge on any atom is -0.497 e. The summed E-state index contributed by atoms with van der Waals surface area (Å²) in [5.41, 5.74) is 0.125. The number of amides is 1. The molecule has 2 aliphatic heterocycles. The van der Waals surface area contributed by atoms with Crippen molar-refractivity contribution >= 4 is 21.6 Å². The van der Waals surface area contributed by atoms with Gasteiger partial charge >= 0.3 is 0 Å². The van der Waals surface area contributed by atoms with Crippen molar-refractivity contribution in [3.05, 3.63) is 101 Å². The van der Waals surface area contributed by atoms with Gasteiger partial charge < -0.3 is 24.3 Å². The summed E-state index contributed by atoms with van der Waals surface area (Å²) < 4.78 is 46.7. The second-order valence-corrected chi connectivity index (χ2v) is 12.7. The highest BCUT2D eigenvalue weighted by Gasteiger charge is 2.62. The quantitative estimate of drug-likeness (QED) is 0.231. The van der Waals surface area contributed by atoms with E-state index in [1.165, 1.54) is 63.1 Å². The summed E-state index contributed by atoms with van der Waals surface area (Å²) in [5.74, 6) is 0.459. The number of carbonyl (C=O) groups is 1. The number of benzene rings is 3. The summed E-state index contributed by atoms with van der Waals surface area (Å²) in [5, 5.41) is 22.5. The summed E-state index contributed by atoms with van der Waals surface area (Å²) in [6.07, 6.45) is 4.26.